The Morgan fingerprint density at radius 3 is 3.00 bits per heavy atom. The van der Waals surface area contributed by atoms with Crippen molar-refractivity contribution in [3.8, 4) is 5.06 Å². The van der Waals surface area contributed by atoms with E-state index < -0.39 is 0 Å². The number of rotatable bonds is 5. The minimum absolute atomic E-state index is 0.0144. The van der Waals surface area contributed by atoms with E-state index in [0.29, 0.717) is 6.61 Å². The summed E-state index contributed by atoms with van der Waals surface area (Å²) in [7, 11) is -0.0144. The summed E-state index contributed by atoms with van der Waals surface area (Å²) >= 11 is 1.58. The summed E-state index contributed by atoms with van der Waals surface area (Å²) in [6.45, 7) is 3.48. The van der Waals surface area contributed by atoms with E-state index in [1.165, 1.54) is 0 Å². The Morgan fingerprint density at radius 1 is 1.33 bits per heavy atom. The molecule has 1 fully saturated rings. The van der Waals surface area contributed by atoms with Gasteiger partial charge in [0.05, 0.1) is 30.1 Å². The average Bonchev–Trinajstić information content (AvgIpc) is 3.27. The largest absolute Gasteiger partial charge is 0.477 e. The van der Waals surface area contributed by atoms with E-state index in [4.69, 9.17) is 9.47 Å². The van der Waals surface area contributed by atoms with Gasteiger partial charge in [-0.15, -0.1) is 22.0 Å². The van der Waals surface area contributed by atoms with Gasteiger partial charge in [0, 0.05) is 11.8 Å². The van der Waals surface area contributed by atoms with Crippen LogP contribution in [0.15, 0.2) is 34.3 Å². The van der Waals surface area contributed by atoms with Crippen molar-refractivity contribution in [1.82, 2.24) is 9.97 Å². The van der Waals surface area contributed by atoms with Gasteiger partial charge in [0.1, 0.15) is 18.2 Å². The van der Waals surface area contributed by atoms with E-state index >= 15 is 0 Å². The van der Waals surface area contributed by atoms with Crippen LogP contribution in [0.5, 0.6) is 5.06 Å². The predicted octanol–water partition coefficient (Wildman–Crippen LogP) is 4.60. The minimum Gasteiger partial charge on any atom is -0.477 e. The Kier molecular flexibility index (Phi) is 5.38. The fourth-order valence-corrected chi connectivity index (χ4v) is 4.39. The van der Waals surface area contributed by atoms with Crippen LogP contribution in [-0.2, 0) is 15.4 Å². The molecule has 1 aliphatic heterocycles. The number of aromatic nitrogens is 2. The van der Waals surface area contributed by atoms with Crippen LogP contribution in [0, 0.1) is 6.92 Å². The second-order valence-electron chi connectivity index (χ2n) is 6.59. The lowest BCUT2D eigenvalue weighted by atomic mass is 10.1. The quantitative estimate of drug-likeness (QED) is 0.675. The molecule has 1 atom stereocenters. The molecule has 0 spiro atoms. The number of fused-ring (bicyclic) bond motifs is 1. The number of aryl methyl sites for hydroxylation is 1. The van der Waals surface area contributed by atoms with E-state index in [0.717, 1.165) is 51.7 Å². The third-order valence-corrected chi connectivity index (χ3v) is 5.63. The molecule has 0 saturated carbocycles. The summed E-state index contributed by atoms with van der Waals surface area (Å²) in [6.07, 6.45) is 6.83. The Hall–Kier alpha value is -2.03. The van der Waals surface area contributed by atoms with E-state index in [1.807, 2.05) is 17.5 Å². The zero-order valence-corrected chi connectivity index (χ0v) is 17.2. The molecular formula is C19H22N4O2S2. The van der Waals surface area contributed by atoms with Crippen LogP contribution in [0.4, 0.5) is 17.2 Å². The van der Waals surface area contributed by atoms with Crippen molar-refractivity contribution in [2.24, 2.45) is 4.36 Å². The van der Waals surface area contributed by atoms with Gasteiger partial charge in [0.25, 0.3) is 0 Å². The van der Waals surface area contributed by atoms with Crippen molar-refractivity contribution in [2.75, 3.05) is 31.0 Å². The number of nitrogens with one attached hydrogen (secondary N) is 1. The number of ether oxygens (including phenoxy) is 2. The third kappa shape index (κ3) is 4.12. The molecule has 0 unspecified atom stereocenters. The Balaban J connectivity index is 1.67. The number of hydrogen-bond acceptors (Lipinski definition) is 7. The second kappa shape index (κ2) is 7.92. The molecule has 1 aliphatic rings. The Morgan fingerprint density at radius 2 is 2.22 bits per heavy atom. The normalized spacial score (nSPS) is 16.8. The second-order valence-corrected chi connectivity index (χ2v) is 9.20. The molecule has 142 valence electrons. The Labute approximate surface area is 165 Å². The number of benzene rings is 1. The van der Waals surface area contributed by atoms with Crippen molar-refractivity contribution >= 4 is 50.1 Å². The predicted molar refractivity (Wildman–Crippen MR) is 113 cm³/mol. The van der Waals surface area contributed by atoms with Gasteiger partial charge in [-0.05, 0) is 48.6 Å². The highest BCUT2D eigenvalue weighted by atomic mass is 32.2. The van der Waals surface area contributed by atoms with Crippen molar-refractivity contribution in [3.63, 3.8) is 0 Å². The summed E-state index contributed by atoms with van der Waals surface area (Å²) in [5.74, 6) is 0.780. The molecule has 27 heavy (non-hydrogen) atoms. The maximum absolute atomic E-state index is 6.10. The van der Waals surface area contributed by atoms with Crippen LogP contribution in [0.2, 0.25) is 0 Å². The highest BCUT2D eigenvalue weighted by Gasteiger charge is 2.20. The first-order valence-corrected chi connectivity index (χ1v) is 11.6. The topological polar surface area (TPSA) is 68.6 Å². The van der Waals surface area contributed by atoms with Gasteiger partial charge < -0.3 is 14.8 Å². The first-order valence-electron chi connectivity index (χ1n) is 8.74. The van der Waals surface area contributed by atoms with Crippen LogP contribution in [0.25, 0.3) is 10.9 Å². The maximum atomic E-state index is 6.10. The van der Waals surface area contributed by atoms with Crippen molar-refractivity contribution in [1.29, 1.82) is 0 Å². The van der Waals surface area contributed by atoms with Crippen molar-refractivity contribution < 1.29 is 9.47 Å². The molecule has 8 heteroatoms. The highest BCUT2D eigenvalue weighted by Crippen LogP contribution is 2.37. The number of nitrogens with zero attached hydrogens (tertiary/aromatic N) is 3. The van der Waals surface area contributed by atoms with Crippen molar-refractivity contribution in [3.05, 3.63) is 35.5 Å². The maximum Gasteiger partial charge on any atom is 0.198 e. The first-order chi connectivity index (χ1) is 13.1. The van der Waals surface area contributed by atoms with Crippen LogP contribution in [-0.4, -0.2) is 41.8 Å². The smallest absolute Gasteiger partial charge is 0.198 e. The van der Waals surface area contributed by atoms with E-state index in [2.05, 4.69) is 45.1 Å². The molecule has 2 aromatic heterocycles. The monoisotopic (exact) mass is 402 g/mol. The molecule has 1 N–H and O–H groups in total. The number of anilines is 2. The fraction of sp³-hybridized carbons (Fsp3) is 0.368. The molecular weight excluding hydrogens is 380 g/mol. The van der Waals surface area contributed by atoms with E-state index in [-0.39, 0.29) is 16.8 Å². The molecule has 6 nitrogen and oxygen atoms in total. The molecule has 0 aliphatic carbocycles. The minimum atomic E-state index is -0.0144. The summed E-state index contributed by atoms with van der Waals surface area (Å²) in [4.78, 5) is 8.93. The molecule has 0 bridgehead atoms. The molecule has 3 heterocycles. The average molecular weight is 403 g/mol. The van der Waals surface area contributed by atoms with Gasteiger partial charge >= 0.3 is 0 Å². The van der Waals surface area contributed by atoms with Gasteiger partial charge in [-0.2, -0.15) is 0 Å². The Bertz CT molecular complexity index is 993. The van der Waals surface area contributed by atoms with Crippen LogP contribution >= 0.6 is 11.3 Å². The lowest BCUT2D eigenvalue weighted by Gasteiger charge is -2.14. The molecule has 4 rings (SSSR count). The summed E-state index contributed by atoms with van der Waals surface area (Å²) < 4.78 is 16.2. The third-order valence-electron chi connectivity index (χ3n) is 4.25. The zero-order valence-electron chi connectivity index (χ0n) is 15.6. The first kappa shape index (κ1) is 18.3. The van der Waals surface area contributed by atoms with Gasteiger partial charge in [0.2, 0.25) is 0 Å². The van der Waals surface area contributed by atoms with Crippen LogP contribution in [0.1, 0.15) is 12.0 Å². The van der Waals surface area contributed by atoms with E-state index in [9.17, 15) is 0 Å². The molecule has 0 radical (unpaired) electrons. The van der Waals surface area contributed by atoms with E-state index in [1.54, 1.807) is 17.7 Å². The summed E-state index contributed by atoms with van der Waals surface area (Å²) in [6, 6.07) is 6.12. The number of thiophene rings is 1. The van der Waals surface area contributed by atoms with Gasteiger partial charge in [-0.1, -0.05) is 0 Å². The van der Waals surface area contributed by atoms with Gasteiger partial charge in [-0.25, -0.2) is 14.3 Å². The molecule has 0 amide bonds. The van der Waals surface area contributed by atoms with Crippen LogP contribution in [0.3, 0.4) is 0 Å². The lowest BCUT2D eigenvalue weighted by molar-refractivity contribution is 0.144. The van der Waals surface area contributed by atoms with Crippen LogP contribution < -0.4 is 10.1 Å². The molecule has 1 aromatic carbocycles. The summed E-state index contributed by atoms with van der Waals surface area (Å²) in [5, 5.41) is 7.32. The van der Waals surface area contributed by atoms with Gasteiger partial charge in [0.15, 0.2) is 5.06 Å². The molecule has 1 saturated heterocycles. The van der Waals surface area contributed by atoms with Gasteiger partial charge in [-0.3, -0.25) is 0 Å². The summed E-state index contributed by atoms with van der Waals surface area (Å²) in [5.41, 5.74) is 3.86. The highest BCUT2D eigenvalue weighted by molar-refractivity contribution is 7.85. The zero-order chi connectivity index (χ0) is 18.8. The lowest BCUT2D eigenvalue weighted by Crippen LogP contribution is -2.15. The number of hydrogen-bond donors (Lipinski definition) is 1. The fourth-order valence-electron chi connectivity index (χ4n) is 3.10. The molecule has 3 aromatic rings. The van der Waals surface area contributed by atoms with Crippen molar-refractivity contribution in [2.45, 2.75) is 19.4 Å². The SMILES string of the molecule is Cc1cc(N=S(C)C)cc2ncnc(Nc3ccsc3O[C@@H]3CCOC3)c12. The standard InChI is InChI=1S/C19H22N4O2S2/c1-12-8-13(23-27(2)3)9-16-17(12)18(21-11-20-16)22-15-5-7-26-19(15)25-14-4-6-24-10-14/h5,7-9,11,14H,4,6,10H2,1-3H3,(H,20,21,22)/t14-/m1/s1.